The molecule has 3 amide bonds. The summed E-state index contributed by atoms with van der Waals surface area (Å²) in [6.07, 6.45) is 8.15. The van der Waals surface area contributed by atoms with Crippen LogP contribution < -0.4 is 15.5 Å². The van der Waals surface area contributed by atoms with E-state index in [0.717, 1.165) is 15.5 Å². The number of benzene rings is 3. The standard InChI is InChI=1S/C28H23N3O4S2/c32-26(29-19-14-12-18(13-15-19)27(33)34)17-36-21-7-5-6-20(16-21)30-28(35)31-22-8-1-3-10-24(22)37-25-11-4-2-9-23(25)31/h1-16,22,24H,17H2,(H,29,32)(H,30,35)(H,33,34). The fourth-order valence-electron chi connectivity index (χ4n) is 4.11. The van der Waals surface area contributed by atoms with Crippen LogP contribution in [-0.2, 0) is 4.79 Å². The fourth-order valence-corrected chi connectivity index (χ4v) is 6.13. The molecule has 1 aliphatic heterocycles. The second kappa shape index (κ2) is 11.0. The molecule has 0 radical (unpaired) electrons. The minimum atomic E-state index is -1.02. The van der Waals surface area contributed by atoms with Gasteiger partial charge in [0.05, 0.1) is 28.3 Å². The van der Waals surface area contributed by atoms with Gasteiger partial charge < -0.3 is 15.7 Å². The number of amides is 3. The lowest BCUT2D eigenvalue weighted by Crippen LogP contribution is -2.49. The minimum Gasteiger partial charge on any atom is -0.478 e. The molecule has 0 bridgehead atoms. The number of nitrogens with one attached hydrogen (secondary N) is 2. The third kappa shape index (κ3) is 5.73. The first-order valence-corrected chi connectivity index (χ1v) is 13.4. The van der Waals surface area contributed by atoms with Crippen molar-refractivity contribution in [3.63, 3.8) is 0 Å². The van der Waals surface area contributed by atoms with E-state index in [1.54, 1.807) is 28.8 Å². The van der Waals surface area contributed by atoms with Crippen LogP contribution in [0.5, 0.6) is 0 Å². The van der Waals surface area contributed by atoms with Crippen molar-refractivity contribution >= 4 is 58.5 Å². The molecule has 0 spiro atoms. The van der Waals surface area contributed by atoms with Crippen molar-refractivity contribution < 1.29 is 19.5 Å². The Morgan fingerprint density at radius 1 is 0.892 bits per heavy atom. The number of carbonyl (C=O) groups is 3. The van der Waals surface area contributed by atoms with Crippen molar-refractivity contribution in [2.24, 2.45) is 0 Å². The second-order valence-electron chi connectivity index (χ2n) is 8.36. The summed E-state index contributed by atoms with van der Waals surface area (Å²) in [6, 6.07) is 21.0. The van der Waals surface area contributed by atoms with E-state index in [9.17, 15) is 14.4 Å². The molecular weight excluding hydrogens is 506 g/mol. The highest BCUT2D eigenvalue weighted by Crippen LogP contribution is 2.43. The number of urea groups is 1. The second-order valence-corrected chi connectivity index (χ2v) is 10.6. The van der Waals surface area contributed by atoms with Crippen LogP contribution in [0.1, 0.15) is 10.4 Å². The molecule has 3 N–H and O–H groups in total. The molecule has 2 unspecified atom stereocenters. The highest BCUT2D eigenvalue weighted by Gasteiger charge is 2.36. The molecule has 0 saturated carbocycles. The van der Waals surface area contributed by atoms with Crippen LogP contribution in [0.3, 0.4) is 0 Å². The minimum absolute atomic E-state index is 0.0873. The van der Waals surface area contributed by atoms with Crippen molar-refractivity contribution in [3.8, 4) is 0 Å². The summed E-state index contributed by atoms with van der Waals surface area (Å²) in [6.45, 7) is 0. The molecule has 0 fully saturated rings. The zero-order chi connectivity index (χ0) is 25.8. The van der Waals surface area contributed by atoms with Crippen molar-refractivity contribution in [1.82, 2.24) is 0 Å². The van der Waals surface area contributed by atoms with Gasteiger partial charge in [0.1, 0.15) is 0 Å². The van der Waals surface area contributed by atoms with Crippen molar-refractivity contribution in [1.29, 1.82) is 0 Å². The normalized spacial score (nSPS) is 17.5. The zero-order valence-corrected chi connectivity index (χ0v) is 21.2. The lowest BCUT2D eigenvalue weighted by atomic mass is 10.1. The number of nitrogens with zero attached hydrogens (tertiary/aromatic N) is 1. The Morgan fingerprint density at radius 3 is 2.49 bits per heavy atom. The quantitative estimate of drug-likeness (QED) is 0.333. The largest absolute Gasteiger partial charge is 0.478 e. The first-order valence-electron chi connectivity index (χ1n) is 11.5. The van der Waals surface area contributed by atoms with E-state index in [1.165, 1.54) is 23.9 Å². The summed E-state index contributed by atoms with van der Waals surface area (Å²) in [5.41, 5.74) is 2.21. The molecule has 3 aromatic carbocycles. The predicted octanol–water partition coefficient (Wildman–Crippen LogP) is 6.12. The van der Waals surface area contributed by atoms with E-state index in [2.05, 4.69) is 16.7 Å². The van der Waals surface area contributed by atoms with Gasteiger partial charge in [0, 0.05) is 21.2 Å². The van der Waals surface area contributed by atoms with Crippen LogP contribution in [0.4, 0.5) is 21.9 Å². The Kier molecular flexibility index (Phi) is 7.34. The number of allylic oxidation sites excluding steroid dienone is 2. The molecular formula is C28H23N3O4S2. The summed E-state index contributed by atoms with van der Waals surface area (Å²) in [4.78, 5) is 40.5. The number of thioether (sulfide) groups is 2. The maximum Gasteiger partial charge on any atom is 0.335 e. The van der Waals surface area contributed by atoms with Crippen LogP contribution >= 0.6 is 23.5 Å². The average Bonchev–Trinajstić information content (AvgIpc) is 2.91. The van der Waals surface area contributed by atoms with Gasteiger partial charge in [0.25, 0.3) is 0 Å². The Balaban J connectivity index is 1.23. The molecule has 3 aromatic rings. The number of aromatic carboxylic acids is 1. The Labute approximate surface area is 222 Å². The molecule has 5 rings (SSSR count). The highest BCUT2D eigenvalue weighted by atomic mass is 32.2. The van der Waals surface area contributed by atoms with E-state index < -0.39 is 5.97 Å². The Bertz CT molecular complexity index is 1400. The first kappa shape index (κ1) is 24.7. The van der Waals surface area contributed by atoms with Crippen LogP contribution in [0, 0.1) is 0 Å². The molecule has 0 saturated heterocycles. The Hall–Kier alpha value is -3.95. The molecule has 1 heterocycles. The first-order chi connectivity index (χ1) is 18.0. The molecule has 2 aliphatic rings. The lowest BCUT2D eigenvalue weighted by molar-refractivity contribution is -0.113. The predicted molar refractivity (Wildman–Crippen MR) is 149 cm³/mol. The van der Waals surface area contributed by atoms with Gasteiger partial charge >= 0.3 is 12.0 Å². The number of hydrogen-bond donors (Lipinski definition) is 3. The molecule has 9 heteroatoms. The van der Waals surface area contributed by atoms with E-state index in [-0.39, 0.29) is 34.5 Å². The van der Waals surface area contributed by atoms with E-state index in [1.807, 2.05) is 66.8 Å². The number of hydrogen-bond acceptors (Lipinski definition) is 5. The average molecular weight is 530 g/mol. The summed E-state index contributed by atoms with van der Waals surface area (Å²) in [5.74, 6) is -1.07. The van der Waals surface area contributed by atoms with E-state index in [0.29, 0.717) is 11.4 Å². The highest BCUT2D eigenvalue weighted by molar-refractivity contribution is 8.00. The van der Waals surface area contributed by atoms with Gasteiger partial charge in [-0.25, -0.2) is 9.59 Å². The van der Waals surface area contributed by atoms with Crippen molar-refractivity contribution in [3.05, 3.63) is 103 Å². The van der Waals surface area contributed by atoms with Crippen LogP contribution in [-0.4, -0.2) is 40.1 Å². The Morgan fingerprint density at radius 2 is 1.68 bits per heavy atom. The van der Waals surface area contributed by atoms with Crippen molar-refractivity contribution in [2.45, 2.75) is 21.1 Å². The van der Waals surface area contributed by atoms with E-state index >= 15 is 0 Å². The number of carboxylic acid groups (broad SMARTS) is 1. The maximum absolute atomic E-state index is 13.5. The maximum atomic E-state index is 13.5. The fraction of sp³-hybridized carbons (Fsp3) is 0.107. The number of carboxylic acids is 1. The number of para-hydroxylation sites is 1. The number of fused-ring (bicyclic) bond motifs is 2. The molecule has 37 heavy (non-hydrogen) atoms. The third-order valence-corrected chi connectivity index (χ3v) is 8.13. The van der Waals surface area contributed by atoms with Crippen LogP contribution in [0.25, 0.3) is 0 Å². The lowest BCUT2D eigenvalue weighted by Gasteiger charge is -2.40. The van der Waals surface area contributed by atoms with Gasteiger partial charge in [-0.3, -0.25) is 9.69 Å². The molecule has 7 nitrogen and oxygen atoms in total. The van der Waals surface area contributed by atoms with E-state index in [4.69, 9.17) is 5.11 Å². The summed E-state index contributed by atoms with van der Waals surface area (Å²) >= 11 is 3.10. The number of rotatable bonds is 6. The number of carbonyl (C=O) groups excluding carboxylic acids is 2. The zero-order valence-electron chi connectivity index (χ0n) is 19.5. The SMILES string of the molecule is O=C(CSc1cccc(NC(=O)N2c3ccccc3SC3C=CC=CC32)c1)Nc1ccc(C(=O)O)cc1. The van der Waals surface area contributed by atoms with Crippen LogP contribution in [0.2, 0.25) is 0 Å². The topological polar surface area (TPSA) is 98.7 Å². The molecule has 1 aliphatic carbocycles. The third-order valence-electron chi connectivity index (χ3n) is 5.83. The van der Waals surface area contributed by atoms with Gasteiger partial charge in [0.15, 0.2) is 0 Å². The van der Waals surface area contributed by atoms with Crippen LogP contribution in [0.15, 0.2) is 107 Å². The summed E-state index contributed by atoms with van der Waals surface area (Å²) in [5, 5.41) is 14.9. The van der Waals surface area contributed by atoms with Crippen molar-refractivity contribution in [2.75, 3.05) is 21.3 Å². The molecule has 2 atom stereocenters. The summed E-state index contributed by atoms with van der Waals surface area (Å²) in [7, 11) is 0. The molecule has 0 aromatic heterocycles. The van der Waals surface area contributed by atoms with Gasteiger partial charge in [-0.15, -0.1) is 23.5 Å². The van der Waals surface area contributed by atoms with Gasteiger partial charge in [-0.2, -0.15) is 0 Å². The summed E-state index contributed by atoms with van der Waals surface area (Å²) < 4.78 is 0. The number of anilines is 3. The monoisotopic (exact) mass is 529 g/mol. The van der Waals surface area contributed by atoms with Gasteiger partial charge in [-0.1, -0.05) is 42.5 Å². The van der Waals surface area contributed by atoms with Gasteiger partial charge in [0.2, 0.25) is 5.91 Å². The smallest absolute Gasteiger partial charge is 0.335 e. The molecule has 186 valence electrons. The van der Waals surface area contributed by atoms with Gasteiger partial charge in [-0.05, 0) is 54.6 Å².